The molecule has 0 bridgehead atoms. The fraction of sp³-hybridized carbons (Fsp3) is 0.214. The summed E-state index contributed by atoms with van der Waals surface area (Å²) in [6.45, 7) is 6.33. The van der Waals surface area contributed by atoms with Gasteiger partial charge in [-0.2, -0.15) is 0 Å². The van der Waals surface area contributed by atoms with E-state index in [2.05, 4.69) is 75.6 Å². The van der Waals surface area contributed by atoms with Crippen molar-refractivity contribution in [3.8, 4) is 5.69 Å². The van der Waals surface area contributed by atoms with Gasteiger partial charge in [-0.05, 0) is 93.1 Å². The van der Waals surface area contributed by atoms with Crippen LogP contribution in [0.5, 0.6) is 0 Å². The molecule has 0 unspecified atom stereocenters. The molecule has 3 heterocycles. The van der Waals surface area contributed by atoms with Crippen LogP contribution in [0.25, 0.3) is 5.69 Å². The third-order valence-corrected chi connectivity index (χ3v) is 7.55. The minimum absolute atomic E-state index is 0.165. The number of thiocarbonyl (C=S) groups is 1. The number of aryl methyl sites for hydroxylation is 2. The van der Waals surface area contributed by atoms with Crippen molar-refractivity contribution in [3.05, 3.63) is 107 Å². The monoisotopic (exact) mass is 531 g/mol. The molecule has 1 aliphatic heterocycles. The number of rotatable bonds is 6. The molecule has 4 aromatic rings. The molecule has 0 amide bonds. The molecule has 0 radical (unpaired) electrons. The molecular weight excluding hydrogens is 502 g/mol. The fourth-order valence-corrected chi connectivity index (χ4v) is 5.94. The quantitative estimate of drug-likeness (QED) is 0.327. The lowest BCUT2D eigenvalue weighted by Crippen LogP contribution is -2.29. The highest BCUT2D eigenvalue weighted by molar-refractivity contribution is 7.92. The molecule has 2 aromatic carbocycles. The Morgan fingerprint density at radius 3 is 2.24 bits per heavy atom. The summed E-state index contributed by atoms with van der Waals surface area (Å²) < 4.78 is 28.1. The van der Waals surface area contributed by atoms with Crippen LogP contribution in [0.1, 0.15) is 40.3 Å². The first-order chi connectivity index (χ1) is 17.6. The van der Waals surface area contributed by atoms with Gasteiger partial charge in [0.25, 0.3) is 0 Å². The van der Waals surface area contributed by atoms with Crippen LogP contribution in [-0.2, 0) is 10.0 Å². The van der Waals surface area contributed by atoms with Crippen LogP contribution in [0.2, 0.25) is 0 Å². The van der Waals surface area contributed by atoms with Gasteiger partial charge in [0.15, 0.2) is 5.11 Å². The summed E-state index contributed by atoms with van der Waals surface area (Å²) in [5, 5.41) is 4.09. The number of benzene rings is 2. The Balaban J connectivity index is 1.62. The Hall–Kier alpha value is -3.69. The predicted molar refractivity (Wildman–Crippen MR) is 153 cm³/mol. The molecule has 1 aliphatic rings. The Labute approximate surface area is 223 Å². The van der Waals surface area contributed by atoms with Crippen LogP contribution >= 0.6 is 12.2 Å². The minimum atomic E-state index is -3.37. The van der Waals surface area contributed by atoms with Crippen LogP contribution in [0, 0.1) is 20.8 Å². The van der Waals surface area contributed by atoms with E-state index in [4.69, 9.17) is 12.2 Å². The summed E-state index contributed by atoms with van der Waals surface area (Å²) in [5.41, 5.74) is 7.97. The van der Waals surface area contributed by atoms with Crippen molar-refractivity contribution in [1.82, 2.24) is 14.9 Å². The van der Waals surface area contributed by atoms with Crippen molar-refractivity contribution < 1.29 is 8.42 Å². The topological polar surface area (TPSA) is 79.3 Å². The van der Waals surface area contributed by atoms with Crippen molar-refractivity contribution in [2.75, 3.05) is 15.9 Å². The standard InChI is InChI=1S/C28H29N5O2S2/c1-18-8-12-22(13-9-18)32-19(2)17-24(20(32)3)27-26(25-7-5-6-16-29-25)30-28(36)33(27)23-14-10-21(11-15-23)31-37(4,34)35/h5-17,26-27,31H,1-4H3,(H,30,36)/t26-,27+/m0/s1. The zero-order chi connectivity index (χ0) is 26.3. The molecule has 190 valence electrons. The maximum absolute atomic E-state index is 11.7. The van der Waals surface area contributed by atoms with E-state index in [1.165, 1.54) is 5.56 Å². The zero-order valence-electron chi connectivity index (χ0n) is 21.1. The molecule has 1 saturated heterocycles. The number of pyridine rings is 1. The minimum Gasteiger partial charge on any atom is -0.351 e. The second kappa shape index (κ2) is 9.64. The van der Waals surface area contributed by atoms with Gasteiger partial charge in [-0.1, -0.05) is 23.8 Å². The van der Waals surface area contributed by atoms with Gasteiger partial charge < -0.3 is 14.8 Å². The summed E-state index contributed by atoms with van der Waals surface area (Å²) in [6.07, 6.45) is 2.93. The van der Waals surface area contributed by atoms with Gasteiger partial charge in [0, 0.05) is 34.6 Å². The molecule has 2 aromatic heterocycles. The number of hydrogen-bond acceptors (Lipinski definition) is 4. The highest BCUT2D eigenvalue weighted by Crippen LogP contribution is 2.44. The number of hydrogen-bond donors (Lipinski definition) is 2. The van der Waals surface area contributed by atoms with E-state index in [0.29, 0.717) is 10.8 Å². The SMILES string of the molecule is Cc1ccc(-n2c(C)cc([C@@H]3[C@H](c4ccccn4)NC(=S)N3c3ccc(NS(C)(=O)=O)cc3)c2C)cc1. The van der Waals surface area contributed by atoms with Crippen molar-refractivity contribution in [2.24, 2.45) is 0 Å². The normalized spacial score (nSPS) is 17.6. The Bertz CT molecular complexity index is 1550. The van der Waals surface area contributed by atoms with E-state index in [1.807, 2.05) is 30.3 Å². The lowest BCUT2D eigenvalue weighted by molar-refractivity contribution is 0.565. The number of sulfonamides is 1. The molecule has 9 heteroatoms. The number of nitrogens with one attached hydrogen (secondary N) is 2. The molecule has 37 heavy (non-hydrogen) atoms. The van der Waals surface area contributed by atoms with Gasteiger partial charge in [0.05, 0.1) is 24.0 Å². The second-order valence-corrected chi connectivity index (χ2v) is 11.6. The van der Waals surface area contributed by atoms with Gasteiger partial charge in [0.2, 0.25) is 10.0 Å². The molecule has 2 atom stereocenters. The average molecular weight is 532 g/mol. The number of anilines is 2. The van der Waals surface area contributed by atoms with Gasteiger partial charge in [-0.3, -0.25) is 9.71 Å². The van der Waals surface area contributed by atoms with Crippen LogP contribution in [0.15, 0.2) is 79.0 Å². The molecule has 0 saturated carbocycles. The van der Waals surface area contributed by atoms with E-state index < -0.39 is 10.0 Å². The highest BCUT2D eigenvalue weighted by Gasteiger charge is 2.42. The number of aromatic nitrogens is 2. The smallest absolute Gasteiger partial charge is 0.229 e. The molecule has 1 fully saturated rings. The summed E-state index contributed by atoms with van der Waals surface area (Å²) >= 11 is 5.86. The van der Waals surface area contributed by atoms with E-state index >= 15 is 0 Å². The zero-order valence-corrected chi connectivity index (χ0v) is 22.8. The molecule has 7 nitrogen and oxygen atoms in total. The molecular formula is C28H29N5O2S2. The van der Waals surface area contributed by atoms with E-state index in [-0.39, 0.29) is 12.1 Å². The maximum atomic E-state index is 11.7. The average Bonchev–Trinajstić information content (AvgIpc) is 3.35. The Morgan fingerprint density at radius 2 is 1.62 bits per heavy atom. The van der Waals surface area contributed by atoms with Gasteiger partial charge in [0.1, 0.15) is 0 Å². The predicted octanol–water partition coefficient (Wildman–Crippen LogP) is 5.35. The summed E-state index contributed by atoms with van der Waals surface area (Å²) in [5.74, 6) is 0. The lowest BCUT2D eigenvalue weighted by Gasteiger charge is -2.28. The van der Waals surface area contributed by atoms with Crippen molar-refractivity contribution in [1.29, 1.82) is 0 Å². The fourth-order valence-electron chi connectivity index (χ4n) is 5.03. The highest BCUT2D eigenvalue weighted by atomic mass is 32.2. The third kappa shape index (κ3) is 4.97. The summed E-state index contributed by atoms with van der Waals surface area (Å²) in [6, 6.07) is 23.6. The first-order valence-electron chi connectivity index (χ1n) is 12.0. The molecule has 0 aliphatic carbocycles. The van der Waals surface area contributed by atoms with Crippen molar-refractivity contribution in [2.45, 2.75) is 32.9 Å². The van der Waals surface area contributed by atoms with Crippen molar-refractivity contribution >= 4 is 38.7 Å². The Morgan fingerprint density at radius 1 is 0.946 bits per heavy atom. The van der Waals surface area contributed by atoms with E-state index in [0.717, 1.165) is 40.3 Å². The van der Waals surface area contributed by atoms with E-state index in [9.17, 15) is 8.42 Å². The maximum Gasteiger partial charge on any atom is 0.229 e. The van der Waals surface area contributed by atoms with Crippen LogP contribution in [0.3, 0.4) is 0 Å². The van der Waals surface area contributed by atoms with Crippen molar-refractivity contribution in [3.63, 3.8) is 0 Å². The largest absolute Gasteiger partial charge is 0.351 e. The summed E-state index contributed by atoms with van der Waals surface area (Å²) in [4.78, 5) is 6.75. The first kappa shape index (κ1) is 25.0. The van der Waals surface area contributed by atoms with Gasteiger partial charge >= 0.3 is 0 Å². The molecule has 5 rings (SSSR count). The third-order valence-electron chi connectivity index (χ3n) is 6.63. The molecule has 0 spiro atoms. The molecule has 2 N–H and O–H groups in total. The van der Waals surface area contributed by atoms with Gasteiger partial charge in [-0.15, -0.1) is 0 Å². The van der Waals surface area contributed by atoms with Crippen LogP contribution < -0.4 is 14.9 Å². The van der Waals surface area contributed by atoms with E-state index in [1.54, 1.807) is 18.3 Å². The summed E-state index contributed by atoms with van der Waals surface area (Å²) in [7, 11) is -3.37. The first-order valence-corrected chi connectivity index (χ1v) is 14.3. The van der Waals surface area contributed by atoms with Crippen LogP contribution in [-0.4, -0.2) is 29.3 Å². The Kier molecular flexibility index (Phi) is 6.51. The lowest BCUT2D eigenvalue weighted by atomic mass is 9.96. The van der Waals surface area contributed by atoms with Crippen LogP contribution in [0.4, 0.5) is 11.4 Å². The number of nitrogens with zero attached hydrogens (tertiary/aromatic N) is 3. The van der Waals surface area contributed by atoms with Gasteiger partial charge in [-0.25, -0.2) is 8.42 Å². The second-order valence-electron chi connectivity index (χ2n) is 9.42.